The molecule has 4 rings (SSSR count). The second-order valence-electron chi connectivity index (χ2n) is 7.23. The first-order valence-electron chi connectivity index (χ1n) is 10.4. The van der Waals surface area contributed by atoms with Crippen molar-refractivity contribution < 1.29 is 14.0 Å². The van der Waals surface area contributed by atoms with E-state index in [1.54, 1.807) is 42.6 Å². The third kappa shape index (κ3) is 5.10. The van der Waals surface area contributed by atoms with Crippen molar-refractivity contribution in [1.82, 2.24) is 15.3 Å². The summed E-state index contributed by atoms with van der Waals surface area (Å²) in [4.78, 5) is 36.6. The monoisotopic (exact) mass is 440 g/mol. The number of benzene rings is 2. The average molecular weight is 440 g/mol. The predicted octanol–water partition coefficient (Wildman–Crippen LogP) is 4.32. The van der Waals surface area contributed by atoms with Crippen molar-refractivity contribution in [3.63, 3.8) is 0 Å². The Morgan fingerprint density at radius 3 is 2.33 bits per heavy atom. The largest absolute Gasteiger partial charge is 0.350 e. The van der Waals surface area contributed by atoms with Crippen LogP contribution in [0.3, 0.4) is 0 Å². The van der Waals surface area contributed by atoms with E-state index < -0.39 is 23.7 Å². The normalized spacial score (nSPS) is 11.4. The van der Waals surface area contributed by atoms with E-state index in [9.17, 15) is 14.0 Å². The fourth-order valence-electron chi connectivity index (χ4n) is 3.47. The highest BCUT2D eigenvalue weighted by atomic mass is 19.1. The topological polar surface area (TPSA) is 75.2 Å². The number of amides is 2. The van der Waals surface area contributed by atoms with Gasteiger partial charge in [0, 0.05) is 24.5 Å². The van der Waals surface area contributed by atoms with Gasteiger partial charge in [-0.15, -0.1) is 0 Å². The van der Waals surface area contributed by atoms with Gasteiger partial charge in [0.1, 0.15) is 17.6 Å². The van der Waals surface area contributed by atoms with Crippen LogP contribution in [0, 0.1) is 5.82 Å². The number of pyridine rings is 2. The Morgan fingerprint density at radius 1 is 0.879 bits per heavy atom. The number of aromatic nitrogens is 2. The van der Waals surface area contributed by atoms with Crippen LogP contribution in [0.5, 0.6) is 0 Å². The van der Waals surface area contributed by atoms with Gasteiger partial charge in [-0.25, -0.2) is 4.39 Å². The Balaban J connectivity index is 1.78. The Morgan fingerprint density at radius 2 is 1.64 bits per heavy atom. The Labute approximate surface area is 190 Å². The zero-order chi connectivity index (χ0) is 23.0. The van der Waals surface area contributed by atoms with Gasteiger partial charge in [-0.2, -0.15) is 0 Å². The molecule has 4 aromatic rings. The first kappa shape index (κ1) is 21.8. The van der Waals surface area contributed by atoms with Crippen LogP contribution < -0.4 is 10.2 Å². The zero-order valence-corrected chi connectivity index (χ0v) is 17.6. The minimum atomic E-state index is -1.28. The van der Waals surface area contributed by atoms with Crippen molar-refractivity contribution in [1.29, 1.82) is 0 Å². The van der Waals surface area contributed by atoms with Gasteiger partial charge in [0.15, 0.2) is 0 Å². The molecule has 164 valence electrons. The van der Waals surface area contributed by atoms with Crippen molar-refractivity contribution >= 4 is 17.5 Å². The summed E-state index contributed by atoms with van der Waals surface area (Å²) in [6.07, 6.45) is 4.50. The number of hydrogen-bond donors (Lipinski definition) is 1. The van der Waals surface area contributed by atoms with Crippen LogP contribution in [0.15, 0.2) is 104 Å². The third-order valence-electron chi connectivity index (χ3n) is 5.04. The molecular weight excluding hydrogens is 419 g/mol. The summed E-state index contributed by atoms with van der Waals surface area (Å²) in [5.41, 5.74) is 1.41. The molecule has 2 aromatic heterocycles. The van der Waals surface area contributed by atoms with Gasteiger partial charge in [-0.05, 0) is 35.9 Å². The van der Waals surface area contributed by atoms with Gasteiger partial charge in [0.25, 0.3) is 5.91 Å². The van der Waals surface area contributed by atoms with Crippen LogP contribution in [0.25, 0.3) is 0 Å². The predicted molar refractivity (Wildman–Crippen MR) is 123 cm³/mol. The number of halogens is 1. The van der Waals surface area contributed by atoms with Crippen molar-refractivity contribution in [3.8, 4) is 0 Å². The molecule has 2 heterocycles. The third-order valence-corrected chi connectivity index (χ3v) is 5.04. The number of hydrogen-bond acceptors (Lipinski definition) is 4. The van der Waals surface area contributed by atoms with Gasteiger partial charge < -0.3 is 5.32 Å². The van der Waals surface area contributed by atoms with Gasteiger partial charge in [-0.3, -0.25) is 24.5 Å². The number of anilines is 1. The van der Waals surface area contributed by atoms with E-state index in [2.05, 4.69) is 15.3 Å². The molecule has 0 aliphatic rings. The van der Waals surface area contributed by atoms with Gasteiger partial charge in [-0.1, -0.05) is 54.6 Å². The quantitative estimate of drug-likeness (QED) is 0.464. The van der Waals surface area contributed by atoms with Crippen molar-refractivity contribution in [2.24, 2.45) is 0 Å². The molecule has 0 bridgehead atoms. The lowest BCUT2D eigenvalue weighted by atomic mass is 10.0. The van der Waals surface area contributed by atoms with Crippen molar-refractivity contribution in [2.45, 2.75) is 12.6 Å². The molecule has 7 heteroatoms. The summed E-state index contributed by atoms with van der Waals surface area (Å²) in [6.45, 7) is 0.225. The molecule has 33 heavy (non-hydrogen) atoms. The number of nitrogens with zero attached hydrogens (tertiary/aromatic N) is 3. The molecule has 2 amide bonds. The summed E-state index contributed by atoms with van der Waals surface area (Å²) in [6, 6.07) is 22.2. The van der Waals surface area contributed by atoms with E-state index in [0.717, 1.165) is 5.56 Å². The van der Waals surface area contributed by atoms with Crippen LogP contribution >= 0.6 is 0 Å². The summed E-state index contributed by atoms with van der Waals surface area (Å²) < 4.78 is 15.0. The van der Waals surface area contributed by atoms with Crippen LogP contribution in [0.4, 0.5) is 10.1 Å². The molecule has 1 unspecified atom stereocenters. The van der Waals surface area contributed by atoms with E-state index in [1.165, 1.54) is 35.5 Å². The molecule has 0 spiro atoms. The van der Waals surface area contributed by atoms with Crippen LogP contribution in [-0.4, -0.2) is 21.8 Å². The Kier molecular flexibility index (Phi) is 6.80. The molecule has 0 aliphatic heterocycles. The molecule has 0 aliphatic carbocycles. The molecule has 2 aromatic carbocycles. The standard InChI is InChI=1S/C26H21FN4O2/c27-22-13-5-4-12-21(22)24(25(32)30-17-19-9-2-1-3-10-19)31(20-11-8-15-28-18-20)26(33)23-14-6-7-16-29-23/h1-16,18,24H,17H2,(H,30,32). The molecule has 0 fully saturated rings. The van der Waals surface area contributed by atoms with Crippen LogP contribution in [0.1, 0.15) is 27.7 Å². The Hall–Kier alpha value is -4.39. The lowest BCUT2D eigenvalue weighted by Crippen LogP contribution is -2.44. The fourth-order valence-corrected chi connectivity index (χ4v) is 3.47. The zero-order valence-electron chi connectivity index (χ0n) is 17.6. The SMILES string of the molecule is O=C(NCc1ccccc1)C(c1ccccc1F)N(C(=O)c1ccccn1)c1cccnc1. The lowest BCUT2D eigenvalue weighted by Gasteiger charge is -2.31. The minimum absolute atomic E-state index is 0.0659. The summed E-state index contributed by atoms with van der Waals surface area (Å²) in [5.74, 6) is -1.68. The molecular formula is C26H21FN4O2. The number of rotatable bonds is 7. The highest BCUT2D eigenvalue weighted by molar-refractivity contribution is 6.09. The second kappa shape index (κ2) is 10.3. The smallest absolute Gasteiger partial charge is 0.277 e. The number of carbonyl (C=O) groups excluding carboxylic acids is 2. The first-order chi connectivity index (χ1) is 16.1. The minimum Gasteiger partial charge on any atom is -0.350 e. The van der Waals surface area contributed by atoms with E-state index in [-0.39, 0.29) is 17.8 Å². The van der Waals surface area contributed by atoms with Gasteiger partial charge in [0.05, 0.1) is 11.9 Å². The van der Waals surface area contributed by atoms with Gasteiger partial charge >= 0.3 is 0 Å². The van der Waals surface area contributed by atoms with Crippen LogP contribution in [-0.2, 0) is 11.3 Å². The summed E-state index contributed by atoms with van der Waals surface area (Å²) in [7, 11) is 0. The number of nitrogens with one attached hydrogen (secondary N) is 1. The van der Waals surface area contributed by atoms with E-state index >= 15 is 0 Å². The highest BCUT2D eigenvalue weighted by Crippen LogP contribution is 2.30. The average Bonchev–Trinajstić information content (AvgIpc) is 2.88. The lowest BCUT2D eigenvalue weighted by molar-refractivity contribution is -0.122. The molecule has 0 saturated carbocycles. The second-order valence-corrected chi connectivity index (χ2v) is 7.23. The fraction of sp³-hybridized carbons (Fsp3) is 0.0769. The summed E-state index contributed by atoms with van der Waals surface area (Å²) >= 11 is 0. The first-order valence-corrected chi connectivity index (χ1v) is 10.4. The Bertz CT molecular complexity index is 1220. The van der Waals surface area contributed by atoms with Crippen molar-refractivity contribution in [2.75, 3.05) is 4.90 Å². The summed E-state index contributed by atoms with van der Waals surface area (Å²) in [5, 5.41) is 2.84. The van der Waals surface area contributed by atoms with Crippen molar-refractivity contribution in [3.05, 3.63) is 126 Å². The molecule has 0 saturated heterocycles. The molecule has 1 atom stereocenters. The maximum absolute atomic E-state index is 15.0. The van der Waals surface area contributed by atoms with E-state index in [0.29, 0.717) is 5.69 Å². The molecule has 6 nitrogen and oxygen atoms in total. The molecule has 0 radical (unpaired) electrons. The van der Waals surface area contributed by atoms with E-state index in [4.69, 9.17) is 0 Å². The van der Waals surface area contributed by atoms with E-state index in [1.807, 2.05) is 30.3 Å². The molecule has 1 N–H and O–H groups in total. The van der Waals surface area contributed by atoms with Crippen LogP contribution in [0.2, 0.25) is 0 Å². The highest BCUT2D eigenvalue weighted by Gasteiger charge is 2.35. The maximum Gasteiger partial charge on any atom is 0.277 e. The maximum atomic E-state index is 15.0. The van der Waals surface area contributed by atoms with Gasteiger partial charge in [0.2, 0.25) is 5.91 Å². The number of carbonyl (C=O) groups is 2.